The van der Waals surface area contributed by atoms with E-state index in [1.54, 1.807) is 11.8 Å². The average Bonchev–Trinajstić information content (AvgIpc) is 2.24. The molecule has 0 bridgehead atoms. The van der Waals surface area contributed by atoms with Crippen molar-refractivity contribution in [3.8, 4) is 0 Å². The van der Waals surface area contributed by atoms with Gasteiger partial charge in [0.2, 0.25) is 5.95 Å². The molecular formula is C11H19N3S. The van der Waals surface area contributed by atoms with Crippen molar-refractivity contribution in [3.05, 3.63) is 12.3 Å². The number of hydrogen-bond donors (Lipinski definition) is 1. The van der Waals surface area contributed by atoms with Gasteiger partial charge < -0.3 is 5.32 Å². The summed E-state index contributed by atoms with van der Waals surface area (Å²) in [7, 11) is 0. The van der Waals surface area contributed by atoms with Crippen LogP contribution in [-0.4, -0.2) is 22.3 Å². The fourth-order valence-electron chi connectivity index (χ4n) is 0.997. The summed E-state index contributed by atoms with van der Waals surface area (Å²) in [6.07, 6.45) is 2.90. The summed E-state index contributed by atoms with van der Waals surface area (Å²) in [6, 6.07) is 1.96. The van der Waals surface area contributed by atoms with Crippen LogP contribution in [0.25, 0.3) is 0 Å². The standard InChI is InChI=1S/C11H19N3S/c1-4-6-12-11-13-7-5-10(14-11)15-8-9(2)3/h5,7,9H,4,6,8H2,1-3H3,(H,12,13,14). The third-order valence-corrected chi connectivity index (χ3v) is 3.08. The van der Waals surface area contributed by atoms with Crippen molar-refractivity contribution >= 4 is 17.7 Å². The molecule has 0 aliphatic heterocycles. The molecule has 1 rings (SSSR count). The Labute approximate surface area is 96.1 Å². The predicted molar refractivity (Wildman–Crippen MR) is 66.4 cm³/mol. The zero-order chi connectivity index (χ0) is 11.1. The minimum absolute atomic E-state index is 0.692. The van der Waals surface area contributed by atoms with E-state index < -0.39 is 0 Å². The number of aromatic nitrogens is 2. The maximum Gasteiger partial charge on any atom is 0.223 e. The number of thioether (sulfide) groups is 1. The SMILES string of the molecule is CCCNc1nccc(SCC(C)C)n1. The van der Waals surface area contributed by atoms with Crippen LogP contribution in [-0.2, 0) is 0 Å². The second-order valence-electron chi connectivity index (χ2n) is 3.85. The van der Waals surface area contributed by atoms with E-state index in [-0.39, 0.29) is 0 Å². The van der Waals surface area contributed by atoms with Crippen molar-refractivity contribution in [1.29, 1.82) is 0 Å². The van der Waals surface area contributed by atoms with Gasteiger partial charge in [-0.2, -0.15) is 0 Å². The molecule has 0 spiro atoms. The lowest BCUT2D eigenvalue weighted by Crippen LogP contribution is -2.04. The maximum atomic E-state index is 4.42. The van der Waals surface area contributed by atoms with Gasteiger partial charge in [-0.15, -0.1) is 11.8 Å². The fourth-order valence-corrected chi connectivity index (χ4v) is 1.81. The predicted octanol–water partition coefficient (Wildman–Crippen LogP) is 3.05. The number of anilines is 1. The van der Waals surface area contributed by atoms with E-state index in [4.69, 9.17) is 0 Å². The van der Waals surface area contributed by atoms with Gasteiger partial charge in [0.25, 0.3) is 0 Å². The van der Waals surface area contributed by atoms with Gasteiger partial charge in [-0.3, -0.25) is 0 Å². The summed E-state index contributed by atoms with van der Waals surface area (Å²) >= 11 is 1.79. The average molecular weight is 225 g/mol. The quantitative estimate of drug-likeness (QED) is 0.596. The molecule has 0 saturated heterocycles. The molecular weight excluding hydrogens is 206 g/mol. The third kappa shape index (κ3) is 5.02. The monoisotopic (exact) mass is 225 g/mol. The zero-order valence-corrected chi connectivity index (χ0v) is 10.5. The third-order valence-electron chi connectivity index (χ3n) is 1.73. The van der Waals surface area contributed by atoms with E-state index in [2.05, 4.69) is 36.1 Å². The molecule has 0 fully saturated rings. The van der Waals surface area contributed by atoms with Gasteiger partial charge in [0.15, 0.2) is 0 Å². The molecule has 0 aromatic carbocycles. The molecule has 15 heavy (non-hydrogen) atoms. The van der Waals surface area contributed by atoms with Crippen LogP contribution >= 0.6 is 11.8 Å². The number of hydrogen-bond acceptors (Lipinski definition) is 4. The normalized spacial score (nSPS) is 10.7. The van der Waals surface area contributed by atoms with Crippen molar-refractivity contribution in [1.82, 2.24) is 9.97 Å². The molecule has 0 saturated carbocycles. The van der Waals surface area contributed by atoms with Gasteiger partial charge >= 0.3 is 0 Å². The summed E-state index contributed by atoms with van der Waals surface area (Å²) in [6.45, 7) is 7.48. The molecule has 1 aromatic heterocycles. The first kappa shape index (κ1) is 12.3. The Kier molecular flexibility index (Phi) is 5.47. The number of rotatable bonds is 6. The van der Waals surface area contributed by atoms with E-state index in [0.717, 1.165) is 29.7 Å². The molecule has 0 unspecified atom stereocenters. The first-order valence-corrected chi connectivity index (χ1v) is 6.40. The van der Waals surface area contributed by atoms with Crippen molar-refractivity contribution in [2.45, 2.75) is 32.2 Å². The Morgan fingerprint density at radius 1 is 1.47 bits per heavy atom. The lowest BCUT2D eigenvalue weighted by atomic mass is 10.3. The van der Waals surface area contributed by atoms with Gasteiger partial charge in [0.05, 0.1) is 0 Å². The molecule has 84 valence electrons. The minimum atomic E-state index is 0.692. The van der Waals surface area contributed by atoms with E-state index in [1.165, 1.54) is 0 Å². The topological polar surface area (TPSA) is 37.8 Å². The summed E-state index contributed by atoms with van der Waals surface area (Å²) in [5.74, 6) is 2.53. The van der Waals surface area contributed by atoms with Crippen LogP contribution in [0.4, 0.5) is 5.95 Å². The molecule has 0 aliphatic rings. The summed E-state index contributed by atoms with van der Waals surface area (Å²) in [4.78, 5) is 8.59. The lowest BCUT2D eigenvalue weighted by molar-refractivity contribution is 0.749. The molecule has 4 heteroatoms. The van der Waals surface area contributed by atoms with Gasteiger partial charge in [-0.25, -0.2) is 9.97 Å². The van der Waals surface area contributed by atoms with E-state index in [9.17, 15) is 0 Å². The summed E-state index contributed by atoms with van der Waals surface area (Å²) in [5.41, 5.74) is 0. The first-order valence-electron chi connectivity index (χ1n) is 5.42. The van der Waals surface area contributed by atoms with E-state index >= 15 is 0 Å². The molecule has 1 aromatic rings. The Bertz CT molecular complexity index is 289. The highest BCUT2D eigenvalue weighted by molar-refractivity contribution is 7.99. The molecule has 1 N–H and O–H groups in total. The highest BCUT2D eigenvalue weighted by Gasteiger charge is 2.00. The van der Waals surface area contributed by atoms with Gasteiger partial charge in [0.1, 0.15) is 5.03 Å². The second kappa shape index (κ2) is 6.67. The second-order valence-corrected chi connectivity index (χ2v) is 4.89. The number of nitrogens with zero attached hydrogens (tertiary/aromatic N) is 2. The van der Waals surface area contributed by atoms with Crippen LogP contribution in [0, 0.1) is 5.92 Å². The van der Waals surface area contributed by atoms with Crippen LogP contribution in [0.2, 0.25) is 0 Å². The van der Waals surface area contributed by atoms with Crippen molar-refractivity contribution < 1.29 is 0 Å². The van der Waals surface area contributed by atoms with Crippen LogP contribution in [0.5, 0.6) is 0 Å². The van der Waals surface area contributed by atoms with Crippen LogP contribution in [0.15, 0.2) is 17.3 Å². The number of nitrogens with one attached hydrogen (secondary N) is 1. The molecule has 3 nitrogen and oxygen atoms in total. The molecule has 1 heterocycles. The van der Waals surface area contributed by atoms with Crippen LogP contribution in [0.1, 0.15) is 27.2 Å². The van der Waals surface area contributed by atoms with Crippen LogP contribution < -0.4 is 5.32 Å². The molecule has 0 aliphatic carbocycles. The highest BCUT2D eigenvalue weighted by Crippen LogP contribution is 2.18. The van der Waals surface area contributed by atoms with Gasteiger partial charge in [0, 0.05) is 18.5 Å². The first-order chi connectivity index (χ1) is 7.22. The summed E-state index contributed by atoms with van der Waals surface area (Å²) < 4.78 is 0. The molecule has 0 atom stereocenters. The van der Waals surface area contributed by atoms with E-state index in [0.29, 0.717) is 5.92 Å². The maximum absolute atomic E-state index is 4.42. The summed E-state index contributed by atoms with van der Waals surface area (Å²) in [5, 5.41) is 4.24. The Balaban J connectivity index is 2.50. The smallest absolute Gasteiger partial charge is 0.223 e. The largest absolute Gasteiger partial charge is 0.354 e. The van der Waals surface area contributed by atoms with Gasteiger partial charge in [-0.05, 0) is 18.4 Å². The van der Waals surface area contributed by atoms with Gasteiger partial charge in [-0.1, -0.05) is 20.8 Å². The highest BCUT2D eigenvalue weighted by atomic mass is 32.2. The van der Waals surface area contributed by atoms with Crippen molar-refractivity contribution in [3.63, 3.8) is 0 Å². The fraction of sp³-hybridized carbons (Fsp3) is 0.636. The van der Waals surface area contributed by atoms with Crippen molar-refractivity contribution in [2.75, 3.05) is 17.6 Å². The van der Waals surface area contributed by atoms with Crippen molar-refractivity contribution in [2.24, 2.45) is 5.92 Å². The Morgan fingerprint density at radius 3 is 2.93 bits per heavy atom. The molecule has 0 radical (unpaired) electrons. The Morgan fingerprint density at radius 2 is 2.27 bits per heavy atom. The van der Waals surface area contributed by atoms with E-state index in [1.807, 2.05) is 12.3 Å². The Hall–Kier alpha value is -0.770. The van der Waals surface area contributed by atoms with Crippen LogP contribution in [0.3, 0.4) is 0 Å². The lowest BCUT2D eigenvalue weighted by Gasteiger charge is -2.06. The zero-order valence-electron chi connectivity index (χ0n) is 9.66. The molecule has 0 amide bonds. The minimum Gasteiger partial charge on any atom is -0.354 e.